The predicted octanol–water partition coefficient (Wildman–Crippen LogP) is 6.01. The van der Waals surface area contributed by atoms with Crippen LogP contribution < -0.4 is 0 Å². The predicted molar refractivity (Wildman–Crippen MR) is 105 cm³/mol. The van der Waals surface area contributed by atoms with E-state index in [1.54, 1.807) is 0 Å². The van der Waals surface area contributed by atoms with Gasteiger partial charge >= 0.3 is 0 Å². The number of hydrogen-bond acceptors (Lipinski definition) is 2. The van der Waals surface area contributed by atoms with Crippen molar-refractivity contribution in [2.45, 2.75) is 38.4 Å². The molecular weight excluding hydrogens is 351 g/mol. The second-order valence-electron chi connectivity index (χ2n) is 6.79. The maximum Gasteiger partial charge on any atom is 0.101 e. The number of halogens is 2. The molecule has 2 heterocycles. The molecule has 4 rings (SSSR count). The second-order valence-corrected chi connectivity index (χ2v) is 7.57. The van der Waals surface area contributed by atoms with Gasteiger partial charge in [0.15, 0.2) is 0 Å². The monoisotopic (exact) mass is 372 g/mol. The molecule has 2 aromatic carbocycles. The summed E-state index contributed by atoms with van der Waals surface area (Å²) >= 11 is 12.7. The highest BCUT2D eigenvalue weighted by molar-refractivity contribution is 6.42. The minimum absolute atomic E-state index is 0.410. The third-order valence-electron chi connectivity index (χ3n) is 5.16. The maximum atomic E-state index is 6.44. The van der Waals surface area contributed by atoms with Gasteiger partial charge in [0.05, 0.1) is 15.7 Å². The van der Waals surface area contributed by atoms with Crippen LogP contribution >= 0.6 is 23.2 Å². The molecule has 0 radical (unpaired) electrons. The molecule has 0 saturated carbocycles. The molecule has 0 spiro atoms. The number of fused-ring (bicyclic) bond motifs is 1. The van der Waals surface area contributed by atoms with E-state index < -0.39 is 0 Å². The minimum Gasteiger partial charge on any atom is -0.351 e. The number of hydrogen-bond donors (Lipinski definition) is 0. The van der Waals surface area contributed by atoms with Gasteiger partial charge in [-0.2, -0.15) is 0 Å². The van der Waals surface area contributed by atoms with Crippen molar-refractivity contribution in [3.63, 3.8) is 0 Å². The molecule has 4 heteroatoms. The lowest BCUT2D eigenvalue weighted by Crippen LogP contribution is -2.38. The van der Waals surface area contributed by atoms with Crippen LogP contribution in [-0.2, 0) is 6.54 Å². The van der Waals surface area contributed by atoms with Crippen molar-refractivity contribution >= 4 is 28.9 Å². The van der Waals surface area contributed by atoms with E-state index >= 15 is 0 Å². The van der Waals surface area contributed by atoms with Crippen LogP contribution in [0.15, 0.2) is 54.7 Å². The lowest BCUT2D eigenvalue weighted by Gasteiger charge is -2.33. The fourth-order valence-electron chi connectivity index (χ4n) is 3.90. The van der Waals surface area contributed by atoms with Crippen LogP contribution in [0.5, 0.6) is 0 Å². The molecule has 0 N–H and O–H groups in total. The molecule has 25 heavy (non-hydrogen) atoms. The summed E-state index contributed by atoms with van der Waals surface area (Å²) in [6.45, 7) is 1.90. The fourth-order valence-corrected chi connectivity index (χ4v) is 4.28. The lowest BCUT2D eigenvalue weighted by molar-refractivity contribution is 0.153. The van der Waals surface area contributed by atoms with Crippen LogP contribution in [0.1, 0.15) is 36.8 Å². The number of benzene rings is 2. The molecule has 1 saturated heterocycles. The largest absolute Gasteiger partial charge is 0.351 e. The van der Waals surface area contributed by atoms with Crippen molar-refractivity contribution in [1.29, 1.82) is 0 Å². The summed E-state index contributed by atoms with van der Waals surface area (Å²) in [4.78, 5) is 5.01. The summed E-state index contributed by atoms with van der Waals surface area (Å²) in [5.74, 6) is 0. The summed E-state index contributed by atoms with van der Waals surface area (Å²) in [7, 11) is 0. The van der Waals surface area contributed by atoms with E-state index in [4.69, 9.17) is 23.2 Å². The van der Waals surface area contributed by atoms with Gasteiger partial charge in [-0.1, -0.05) is 72.1 Å². The van der Waals surface area contributed by atoms with Crippen LogP contribution in [0.4, 0.5) is 0 Å². The highest BCUT2D eigenvalue weighted by atomic mass is 35.5. The Morgan fingerprint density at radius 2 is 1.76 bits per heavy atom. The third-order valence-corrected chi connectivity index (χ3v) is 6.01. The smallest absolute Gasteiger partial charge is 0.101 e. The summed E-state index contributed by atoms with van der Waals surface area (Å²) in [5, 5.41) is 1.30. The van der Waals surface area contributed by atoms with E-state index in [1.807, 2.05) is 12.1 Å². The summed E-state index contributed by atoms with van der Waals surface area (Å²) in [5.41, 5.74) is 3.70. The highest BCUT2D eigenvalue weighted by Gasteiger charge is 2.33. The molecule has 1 atom stereocenters. The zero-order valence-corrected chi connectivity index (χ0v) is 15.7. The molecule has 2 aliphatic heterocycles. The molecule has 1 unspecified atom stereocenters. The first kappa shape index (κ1) is 16.8. The SMILES string of the molecule is Clc1cccc(CN2C=C(c3ccccc3)N3CCCCCC23)c1Cl. The van der Waals surface area contributed by atoms with Gasteiger partial charge in [0.1, 0.15) is 6.17 Å². The normalized spacial score (nSPS) is 20.2. The first-order valence-corrected chi connectivity index (χ1v) is 9.72. The van der Waals surface area contributed by atoms with Crippen molar-refractivity contribution in [1.82, 2.24) is 9.80 Å². The van der Waals surface area contributed by atoms with E-state index in [1.165, 1.54) is 36.9 Å². The molecule has 0 aromatic heterocycles. The Balaban J connectivity index is 1.68. The standard InChI is InChI=1S/C21H22Cl2N2/c22-18-11-7-10-17(21(18)23)14-24-15-19(16-8-3-1-4-9-16)25-13-6-2-5-12-20(24)25/h1,3-4,7-11,15,20H,2,5-6,12-14H2. The molecule has 130 valence electrons. The molecule has 0 amide bonds. The molecule has 2 aliphatic rings. The molecule has 0 bridgehead atoms. The van der Waals surface area contributed by atoms with Gasteiger partial charge in [-0.15, -0.1) is 0 Å². The minimum atomic E-state index is 0.410. The van der Waals surface area contributed by atoms with Crippen LogP contribution in [0.25, 0.3) is 5.70 Å². The first-order chi connectivity index (χ1) is 12.2. The third kappa shape index (κ3) is 3.38. The topological polar surface area (TPSA) is 6.48 Å². The Labute approximate surface area is 159 Å². The summed E-state index contributed by atoms with van der Waals surface area (Å²) < 4.78 is 0. The van der Waals surface area contributed by atoms with Crippen LogP contribution in [0.2, 0.25) is 10.0 Å². The molecule has 2 nitrogen and oxygen atoms in total. The van der Waals surface area contributed by atoms with E-state index in [-0.39, 0.29) is 0 Å². The Kier molecular flexibility index (Phi) is 4.91. The van der Waals surface area contributed by atoms with Gasteiger partial charge in [0.2, 0.25) is 0 Å². The van der Waals surface area contributed by atoms with Gasteiger partial charge in [-0.25, -0.2) is 0 Å². The van der Waals surface area contributed by atoms with E-state index in [0.717, 1.165) is 18.7 Å². The quantitative estimate of drug-likeness (QED) is 0.650. The van der Waals surface area contributed by atoms with E-state index in [2.05, 4.69) is 52.4 Å². The number of rotatable bonds is 3. The van der Waals surface area contributed by atoms with Crippen LogP contribution in [0, 0.1) is 0 Å². The van der Waals surface area contributed by atoms with Gasteiger partial charge in [0.25, 0.3) is 0 Å². The van der Waals surface area contributed by atoms with Crippen molar-refractivity contribution in [2.24, 2.45) is 0 Å². The second kappa shape index (κ2) is 7.31. The fraction of sp³-hybridized carbons (Fsp3) is 0.333. The lowest BCUT2D eigenvalue weighted by atomic mass is 10.1. The summed E-state index contributed by atoms with van der Waals surface area (Å²) in [6.07, 6.45) is 7.74. The zero-order valence-electron chi connectivity index (χ0n) is 14.2. The molecular formula is C21H22Cl2N2. The van der Waals surface area contributed by atoms with E-state index in [0.29, 0.717) is 16.2 Å². The van der Waals surface area contributed by atoms with Crippen LogP contribution in [-0.4, -0.2) is 22.5 Å². The Bertz CT molecular complexity index is 773. The van der Waals surface area contributed by atoms with Crippen LogP contribution in [0.3, 0.4) is 0 Å². The number of nitrogens with zero attached hydrogens (tertiary/aromatic N) is 2. The average Bonchev–Trinajstić information content (AvgIpc) is 2.81. The average molecular weight is 373 g/mol. The molecule has 1 fully saturated rings. The van der Waals surface area contributed by atoms with E-state index in [9.17, 15) is 0 Å². The van der Waals surface area contributed by atoms with Gasteiger partial charge in [0, 0.05) is 19.3 Å². The summed E-state index contributed by atoms with van der Waals surface area (Å²) in [6, 6.07) is 16.6. The van der Waals surface area contributed by atoms with Crippen molar-refractivity contribution < 1.29 is 0 Å². The van der Waals surface area contributed by atoms with Gasteiger partial charge in [-0.3, -0.25) is 0 Å². The maximum absolute atomic E-state index is 6.44. The molecule has 0 aliphatic carbocycles. The van der Waals surface area contributed by atoms with Gasteiger partial charge in [-0.05, 0) is 36.5 Å². The zero-order chi connectivity index (χ0) is 17.2. The van der Waals surface area contributed by atoms with Gasteiger partial charge < -0.3 is 9.80 Å². The van der Waals surface area contributed by atoms with Crippen molar-refractivity contribution in [3.05, 3.63) is 75.9 Å². The highest BCUT2D eigenvalue weighted by Crippen LogP contribution is 2.37. The van der Waals surface area contributed by atoms with Crippen molar-refractivity contribution in [3.8, 4) is 0 Å². The first-order valence-electron chi connectivity index (χ1n) is 8.96. The Morgan fingerprint density at radius 3 is 2.60 bits per heavy atom. The van der Waals surface area contributed by atoms with Crippen molar-refractivity contribution in [2.75, 3.05) is 6.54 Å². The Morgan fingerprint density at radius 1 is 0.920 bits per heavy atom. The Hall–Kier alpha value is -1.64. The molecule has 2 aromatic rings.